The number of pyridine rings is 2. The van der Waals surface area contributed by atoms with Crippen molar-refractivity contribution in [1.29, 1.82) is 0 Å². The predicted octanol–water partition coefficient (Wildman–Crippen LogP) is 8.12. The molecule has 2 N–H and O–H groups in total. The van der Waals surface area contributed by atoms with E-state index in [9.17, 15) is 0 Å². The van der Waals surface area contributed by atoms with E-state index in [-0.39, 0.29) is 14.9 Å². The minimum absolute atomic E-state index is 0. The van der Waals surface area contributed by atoms with Crippen LogP contribution >= 0.6 is 43.5 Å². The molecule has 0 aliphatic carbocycles. The number of aromatic nitrogens is 2. The first-order valence-corrected chi connectivity index (χ1v) is 9.84. The number of anilines is 1. The molecule has 0 saturated heterocycles. The zero-order valence-electron chi connectivity index (χ0n) is 14.2. The van der Waals surface area contributed by atoms with Crippen molar-refractivity contribution in [1.82, 2.24) is 9.97 Å². The number of rotatable bonds is 0. The Balaban J connectivity index is 0.000000261. The summed E-state index contributed by atoms with van der Waals surface area (Å²) in [5, 5.41) is 2.81. The van der Waals surface area contributed by atoms with Gasteiger partial charge in [0.25, 0.3) is 0 Å². The number of hydrogen-bond donors (Lipinski definition) is 1. The van der Waals surface area contributed by atoms with Gasteiger partial charge in [0.15, 0.2) is 0 Å². The third-order valence-electron chi connectivity index (χ3n) is 3.92. The van der Waals surface area contributed by atoms with E-state index >= 15 is 0 Å². The highest BCUT2D eigenvalue weighted by Crippen LogP contribution is 2.23. The molecule has 2 heterocycles. The fourth-order valence-electron chi connectivity index (χ4n) is 2.48. The van der Waals surface area contributed by atoms with Crippen molar-refractivity contribution in [3.8, 4) is 0 Å². The highest BCUT2D eigenvalue weighted by molar-refractivity contribution is 9.10. The number of nitrogen functional groups attached to an aromatic ring is 1. The van der Waals surface area contributed by atoms with E-state index in [1.54, 1.807) is 0 Å². The molecule has 0 bridgehead atoms. The molecule has 0 fully saturated rings. The highest BCUT2D eigenvalue weighted by Gasteiger charge is 2.01. The summed E-state index contributed by atoms with van der Waals surface area (Å²) < 4.78 is 2.04. The Morgan fingerprint density at radius 1 is 0.750 bits per heavy atom. The van der Waals surface area contributed by atoms with Gasteiger partial charge in [-0.1, -0.05) is 70.4 Å². The van der Waals surface area contributed by atoms with Gasteiger partial charge in [0, 0.05) is 19.7 Å². The third kappa shape index (κ3) is 5.66. The van der Waals surface area contributed by atoms with Crippen LogP contribution in [0.1, 0.15) is 26.0 Å². The lowest BCUT2D eigenvalue weighted by molar-refractivity contribution is 1.33. The molecule has 0 aliphatic heterocycles. The molecule has 2 aromatic heterocycles. The largest absolute Gasteiger partial charge is 0.383 e. The summed E-state index contributed by atoms with van der Waals surface area (Å²) in [7, 11) is 0. The smallest absolute Gasteiger partial charge is 0.132 e. The Morgan fingerprint density at radius 3 is 1.75 bits per heavy atom. The quantitative estimate of drug-likeness (QED) is 0.236. The SMILES string of the molecule is C.C.Cc1cc2ccc(Br)cc2nc1Cl.Cc1cc2ccc(Br)cc2nc1N. The maximum absolute atomic E-state index is 5.91. The number of hydrogen-bond acceptors (Lipinski definition) is 3. The van der Waals surface area contributed by atoms with Crippen LogP contribution in [-0.2, 0) is 0 Å². The summed E-state index contributed by atoms with van der Waals surface area (Å²) in [6.45, 7) is 3.92. The number of aryl methyl sites for hydroxylation is 2. The maximum Gasteiger partial charge on any atom is 0.132 e. The number of nitrogens with two attached hydrogens (primary N) is 1. The van der Waals surface area contributed by atoms with Crippen molar-refractivity contribution >= 4 is 71.1 Å². The van der Waals surface area contributed by atoms with Crippen LogP contribution in [0, 0.1) is 13.8 Å². The molecular weight excluding hydrogens is 502 g/mol. The van der Waals surface area contributed by atoms with Gasteiger partial charge in [-0.2, -0.15) is 0 Å². The molecule has 148 valence electrons. The van der Waals surface area contributed by atoms with E-state index in [4.69, 9.17) is 17.3 Å². The molecule has 0 unspecified atom stereocenters. The van der Waals surface area contributed by atoms with Crippen molar-refractivity contribution in [3.63, 3.8) is 0 Å². The molecule has 28 heavy (non-hydrogen) atoms. The van der Waals surface area contributed by atoms with Gasteiger partial charge in [-0.15, -0.1) is 0 Å². The second kappa shape index (κ2) is 10.2. The highest BCUT2D eigenvalue weighted by atomic mass is 79.9. The first-order chi connectivity index (χ1) is 12.3. The average Bonchev–Trinajstić information content (AvgIpc) is 2.58. The van der Waals surface area contributed by atoms with Gasteiger partial charge in [-0.3, -0.25) is 0 Å². The van der Waals surface area contributed by atoms with Gasteiger partial charge >= 0.3 is 0 Å². The van der Waals surface area contributed by atoms with Crippen molar-refractivity contribution in [3.05, 3.63) is 73.8 Å². The second-order valence-corrected chi connectivity index (χ2v) is 8.15. The maximum atomic E-state index is 5.91. The first-order valence-electron chi connectivity index (χ1n) is 7.88. The summed E-state index contributed by atoms with van der Waals surface area (Å²) in [6.07, 6.45) is 0. The van der Waals surface area contributed by atoms with E-state index in [1.165, 1.54) is 0 Å². The molecule has 4 aromatic rings. The van der Waals surface area contributed by atoms with E-state index in [2.05, 4.69) is 41.8 Å². The summed E-state index contributed by atoms with van der Waals surface area (Å²) >= 11 is 12.7. The molecule has 0 atom stereocenters. The Bertz CT molecular complexity index is 1020. The van der Waals surface area contributed by atoms with E-state index in [0.717, 1.165) is 41.9 Å². The molecule has 2 aromatic carbocycles. The van der Waals surface area contributed by atoms with Crippen LogP contribution in [0.25, 0.3) is 21.8 Å². The van der Waals surface area contributed by atoms with Gasteiger partial charge in [0.2, 0.25) is 0 Å². The monoisotopic (exact) mass is 523 g/mol. The zero-order valence-corrected chi connectivity index (χ0v) is 18.2. The van der Waals surface area contributed by atoms with Gasteiger partial charge in [-0.05, 0) is 61.4 Å². The molecule has 0 radical (unpaired) electrons. The molecule has 3 nitrogen and oxygen atoms in total. The number of benzene rings is 2. The topological polar surface area (TPSA) is 51.8 Å². The summed E-state index contributed by atoms with van der Waals surface area (Å²) in [4.78, 5) is 8.56. The standard InChI is InChI=1S/C10H7BrClN.C10H9BrN2.2CH4/c2*1-6-4-7-2-3-8(11)5-9(7)13-10(6)12;;/h2-5H,1H3;2-5H,1H3,(H2,12,13);2*1H4. The Labute approximate surface area is 188 Å². The van der Waals surface area contributed by atoms with Crippen molar-refractivity contribution in [2.45, 2.75) is 28.7 Å². The Kier molecular flexibility index (Phi) is 8.86. The molecule has 0 saturated carbocycles. The van der Waals surface area contributed by atoms with Crippen LogP contribution in [0.4, 0.5) is 5.82 Å². The van der Waals surface area contributed by atoms with Gasteiger partial charge < -0.3 is 5.73 Å². The second-order valence-electron chi connectivity index (χ2n) is 5.96. The van der Waals surface area contributed by atoms with Crippen molar-refractivity contribution < 1.29 is 0 Å². The summed E-state index contributed by atoms with van der Waals surface area (Å²) in [5.41, 5.74) is 9.59. The normalized spacial score (nSPS) is 9.89. The minimum Gasteiger partial charge on any atom is -0.383 e. The summed E-state index contributed by atoms with van der Waals surface area (Å²) in [5.74, 6) is 0.602. The van der Waals surface area contributed by atoms with E-state index in [0.29, 0.717) is 11.0 Å². The lowest BCUT2D eigenvalue weighted by Gasteiger charge is -2.02. The molecule has 0 aliphatic rings. The number of fused-ring (bicyclic) bond motifs is 2. The minimum atomic E-state index is 0. The first kappa shape index (κ1) is 24.3. The molecular formula is C22H24Br2ClN3. The fraction of sp³-hybridized carbons (Fsp3) is 0.182. The Hall–Kier alpha value is -1.69. The van der Waals surface area contributed by atoms with Crippen LogP contribution in [0.3, 0.4) is 0 Å². The molecule has 0 spiro atoms. The van der Waals surface area contributed by atoms with Crippen LogP contribution < -0.4 is 5.73 Å². The molecule has 4 rings (SSSR count). The lowest BCUT2D eigenvalue weighted by Crippen LogP contribution is -1.93. The van der Waals surface area contributed by atoms with Crippen LogP contribution in [0.2, 0.25) is 5.15 Å². The van der Waals surface area contributed by atoms with Crippen molar-refractivity contribution in [2.75, 3.05) is 5.73 Å². The predicted molar refractivity (Wildman–Crippen MR) is 131 cm³/mol. The zero-order chi connectivity index (χ0) is 18.8. The van der Waals surface area contributed by atoms with Crippen LogP contribution in [-0.4, -0.2) is 9.97 Å². The average molecular weight is 526 g/mol. The van der Waals surface area contributed by atoms with Crippen molar-refractivity contribution in [2.24, 2.45) is 0 Å². The van der Waals surface area contributed by atoms with Gasteiger partial charge in [0.1, 0.15) is 11.0 Å². The van der Waals surface area contributed by atoms with E-state index in [1.807, 2.05) is 62.4 Å². The van der Waals surface area contributed by atoms with E-state index < -0.39 is 0 Å². The number of nitrogens with zero attached hydrogens (tertiary/aromatic N) is 2. The van der Waals surface area contributed by atoms with Gasteiger partial charge in [-0.25, -0.2) is 9.97 Å². The number of halogens is 3. The van der Waals surface area contributed by atoms with Crippen LogP contribution in [0.5, 0.6) is 0 Å². The Morgan fingerprint density at radius 2 is 1.21 bits per heavy atom. The lowest BCUT2D eigenvalue weighted by atomic mass is 10.1. The van der Waals surface area contributed by atoms with Gasteiger partial charge in [0.05, 0.1) is 11.0 Å². The molecule has 0 amide bonds. The fourth-order valence-corrected chi connectivity index (χ4v) is 3.33. The van der Waals surface area contributed by atoms with Crippen LogP contribution in [0.15, 0.2) is 57.5 Å². The third-order valence-corrected chi connectivity index (χ3v) is 5.29. The molecule has 6 heteroatoms. The summed E-state index contributed by atoms with van der Waals surface area (Å²) in [6, 6.07) is 16.1.